The van der Waals surface area contributed by atoms with Gasteiger partial charge in [0.2, 0.25) is 5.75 Å². The van der Waals surface area contributed by atoms with Crippen LogP contribution in [0.5, 0.6) is 17.2 Å². The van der Waals surface area contributed by atoms with E-state index in [-0.39, 0.29) is 6.10 Å². The minimum atomic E-state index is -0.327. The highest BCUT2D eigenvalue weighted by Gasteiger charge is 2.15. The molecule has 1 aromatic rings. The van der Waals surface area contributed by atoms with Crippen molar-refractivity contribution in [2.45, 2.75) is 32.0 Å². The minimum absolute atomic E-state index is 0.327. The number of aliphatic hydroxyl groups excluding tert-OH is 1. The van der Waals surface area contributed by atoms with E-state index in [1.165, 1.54) is 0 Å². The van der Waals surface area contributed by atoms with E-state index in [0.29, 0.717) is 56.7 Å². The summed E-state index contributed by atoms with van der Waals surface area (Å²) in [7, 11) is 5.24. The largest absolute Gasteiger partial charge is 0.493 e. The number of hydrogen-bond donors (Lipinski definition) is 1. The lowest BCUT2D eigenvalue weighted by Gasteiger charge is -2.20. The van der Waals surface area contributed by atoms with E-state index >= 15 is 0 Å². The van der Waals surface area contributed by atoms with Crippen molar-refractivity contribution in [3.8, 4) is 17.2 Å². The molecule has 0 fully saturated rings. The number of methoxy groups -OCH3 is 2. The Bertz CT molecular complexity index is 554. The van der Waals surface area contributed by atoms with Gasteiger partial charge in [-0.05, 0) is 44.0 Å². The number of nitrogens with zero attached hydrogens (tertiary/aromatic N) is 1. The summed E-state index contributed by atoms with van der Waals surface area (Å²) in [6.45, 7) is 4.36. The van der Waals surface area contributed by atoms with Gasteiger partial charge in [0.05, 0.1) is 53.4 Å². The second kappa shape index (κ2) is 12.0. The molecule has 1 heterocycles. The van der Waals surface area contributed by atoms with E-state index in [4.69, 9.17) is 23.7 Å². The molecule has 2 bridgehead atoms. The summed E-state index contributed by atoms with van der Waals surface area (Å²) >= 11 is 0. The Kier molecular flexibility index (Phi) is 9.69. The van der Waals surface area contributed by atoms with Crippen molar-refractivity contribution < 1.29 is 28.8 Å². The molecule has 1 aromatic carbocycles. The van der Waals surface area contributed by atoms with Crippen LogP contribution >= 0.6 is 0 Å². The molecule has 1 aliphatic rings. The molecule has 7 heteroatoms. The van der Waals surface area contributed by atoms with Gasteiger partial charge in [-0.3, -0.25) is 0 Å². The Morgan fingerprint density at radius 3 is 2.59 bits per heavy atom. The van der Waals surface area contributed by atoms with E-state index in [1.807, 2.05) is 19.2 Å². The van der Waals surface area contributed by atoms with Crippen LogP contribution in [0.25, 0.3) is 0 Å². The van der Waals surface area contributed by atoms with Gasteiger partial charge < -0.3 is 33.7 Å². The van der Waals surface area contributed by atoms with Gasteiger partial charge in [-0.2, -0.15) is 0 Å². The van der Waals surface area contributed by atoms with Gasteiger partial charge in [-0.15, -0.1) is 0 Å². The summed E-state index contributed by atoms with van der Waals surface area (Å²) in [6.07, 6.45) is 1.88. The predicted octanol–water partition coefficient (Wildman–Crippen LogP) is 2.09. The van der Waals surface area contributed by atoms with E-state index in [0.717, 1.165) is 31.5 Å². The van der Waals surface area contributed by atoms with Crippen molar-refractivity contribution in [1.82, 2.24) is 4.90 Å². The van der Waals surface area contributed by atoms with Crippen LogP contribution in [0.15, 0.2) is 12.1 Å². The van der Waals surface area contributed by atoms with Crippen molar-refractivity contribution in [3.05, 3.63) is 17.7 Å². The molecular weight excluding hydrogens is 350 g/mol. The van der Waals surface area contributed by atoms with Crippen molar-refractivity contribution in [1.29, 1.82) is 0 Å². The van der Waals surface area contributed by atoms with E-state index in [2.05, 4.69) is 4.90 Å². The van der Waals surface area contributed by atoms with Crippen LogP contribution < -0.4 is 14.2 Å². The standard InChI is InChI=1S/C20H33NO6/c1-21-7-6-17(22)5-4-9-27-19-14-16(13-18(23-2)20(19)24-3)15-26-12-11-25-10-8-21/h13-14,17,22H,4-12,15H2,1-3H3. The highest BCUT2D eigenvalue weighted by atomic mass is 16.5. The Labute approximate surface area is 162 Å². The molecule has 1 atom stereocenters. The summed E-state index contributed by atoms with van der Waals surface area (Å²) in [5.41, 5.74) is 0.948. The van der Waals surface area contributed by atoms with E-state index in [1.54, 1.807) is 14.2 Å². The first-order valence-electron chi connectivity index (χ1n) is 9.53. The third kappa shape index (κ3) is 7.54. The van der Waals surface area contributed by atoms with Crippen molar-refractivity contribution in [3.63, 3.8) is 0 Å². The Hall–Kier alpha value is -1.54. The number of fused-ring (bicyclic) bond motifs is 2. The Morgan fingerprint density at radius 2 is 1.81 bits per heavy atom. The number of benzene rings is 1. The van der Waals surface area contributed by atoms with Gasteiger partial charge in [-0.1, -0.05) is 0 Å². The summed E-state index contributed by atoms with van der Waals surface area (Å²) < 4.78 is 28.1. The highest BCUT2D eigenvalue weighted by Crippen LogP contribution is 2.38. The summed E-state index contributed by atoms with van der Waals surface area (Å²) in [4.78, 5) is 2.17. The quantitative estimate of drug-likeness (QED) is 0.839. The fraction of sp³-hybridized carbons (Fsp3) is 0.700. The molecule has 0 aromatic heterocycles. The van der Waals surface area contributed by atoms with Gasteiger partial charge >= 0.3 is 0 Å². The molecule has 154 valence electrons. The Morgan fingerprint density at radius 1 is 1.00 bits per heavy atom. The number of ether oxygens (including phenoxy) is 5. The first kappa shape index (κ1) is 21.8. The maximum Gasteiger partial charge on any atom is 0.203 e. The maximum absolute atomic E-state index is 10.2. The lowest BCUT2D eigenvalue weighted by molar-refractivity contribution is 0.0328. The fourth-order valence-electron chi connectivity index (χ4n) is 2.93. The normalized spacial score (nSPS) is 21.6. The topological polar surface area (TPSA) is 69.6 Å². The van der Waals surface area contributed by atoms with Crippen LogP contribution in [0.3, 0.4) is 0 Å². The molecule has 0 saturated carbocycles. The molecule has 0 saturated heterocycles. The summed E-state index contributed by atoms with van der Waals surface area (Å²) in [6, 6.07) is 3.81. The third-order valence-electron chi connectivity index (χ3n) is 4.55. The highest BCUT2D eigenvalue weighted by molar-refractivity contribution is 5.53. The first-order chi connectivity index (χ1) is 13.1. The van der Waals surface area contributed by atoms with Gasteiger partial charge in [-0.25, -0.2) is 0 Å². The van der Waals surface area contributed by atoms with Gasteiger partial charge in [0.25, 0.3) is 0 Å². The molecule has 1 N–H and O–H groups in total. The average molecular weight is 383 g/mol. The third-order valence-corrected chi connectivity index (χ3v) is 4.55. The minimum Gasteiger partial charge on any atom is -0.493 e. The van der Waals surface area contributed by atoms with E-state index < -0.39 is 0 Å². The van der Waals surface area contributed by atoms with Gasteiger partial charge in [0.15, 0.2) is 11.5 Å². The molecule has 2 rings (SSSR count). The van der Waals surface area contributed by atoms with Crippen LogP contribution in [0.4, 0.5) is 0 Å². The second-order valence-corrected chi connectivity index (χ2v) is 6.73. The molecule has 0 aliphatic carbocycles. The van der Waals surface area contributed by atoms with Crippen LogP contribution in [0, 0.1) is 0 Å². The van der Waals surface area contributed by atoms with Crippen molar-refractivity contribution in [2.24, 2.45) is 0 Å². The van der Waals surface area contributed by atoms with Crippen LogP contribution in [-0.4, -0.2) is 76.9 Å². The van der Waals surface area contributed by atoms with Gasteiger partial charge in [0, 0.05) is 13.1 Å². The maximum atomic E-state index is 10.2. The zero-order chi connectivity index (χ0) is 19.5. The van der Waals surface area contributed by atoms with Crippen molar-refractivity contribution >= 4 is 0 Å². The second-order valence-electron chi connectivity index (χ2n) is 6.73. The van der Waals surface area contributed by atoms with Crippen LogP contribution in [0.1, 0.15) is 24.8 Å². The summed E-state index contributed by atoms with van der Waals surface area (Å²) in [5, 5.41) is 10.2. The van der Waals surface area contributed by atoms with Crippen molar-refractivity contribution in [2.75, 3.05) is 60.8 Å². The lowest BCUT2D eigenvalue weighted by Crippen LogP contribution is -2.27. The monoisotopic (exact) mass is 383 g/mol. The molecular formula is C20H33NO6. The fourth-order valence-corrected chi connectivity index (χ4v) is 2.93. The van der Waals surface area contributed by atoms with Crippen LogP contribution in [-0.2, 0) is 16.1 Å². The zero-order valence-electron chi connectivity index (χ0n) is 16.7. The lowest BCUT2D eigenvalue weighted by atomic mass is 10.1. The molecule has 0 radical (unpaired) electrons. The predicted molar refractivity (Wildman–Crippen MR) is 103 cm³/mol. The molecule has 0 spiro atoms. The summed E-state index contributed by atoms with van der Waals surface area (Å²) in [5.74, 6) is 1.81. The molecule has 1 unspecified atom stereocenters. The average Bonchev–Trinajstić information content (AvgIpc) is 2.67. The Balaban J connectivity index is 2.05. The number of aliphatic hydroxyl groups is 1. The number of rotatable bonds is 2. The van der Waals surface area contributed by atoms with Crippen LogP contribution in [0.2, 0.25) is 0 Å². The number of likely N-dealkylation sites (N-methyl/N-ethyl adjacent to an activating group) is 1. The smallest absolute Gasteiger partial charge is 0.203 e. The molecule has 1 aliphatic heterocycles. The molecule has 7 nitrogen and oxygen atoms in total. The van der Waals surface area contributed by atoms with Gasteiger partial charge in [0.1, 0.15) is 0 Å². The SMILES string of the molecule is COc1cc2cc(c1OC)OCCCC(O)CCN(C)CCOCCOC2. The van der Waals surface area contributed by atoms with E-state index in [9.17, 15) is 5.11 Å². The zero-order valence-corrected chi connectivity index (χ0v) is 16.7. The molecule has 0 amide bonds. The first-order valence-corrected chi connectivity index (χ1v) is 9.53. The molecule has 27 heavy (non-hydrogen) atoms. The number of hydrogen-bond acceptors (Lipinski definition) is 7.